The van der Waals surface area contributed by atoms with Crippen molar-refractivity contribution in [2.75, 3.05) is 0 Å². The van der Waals surface area contributed by atoms with Gasteiger partial charge in [0.25, 0.3) is 0 Å². The number of aromatic nitrogens is 1. The number of hydrogen-bond donors (Lipinski definition) is 1. The predicted molar refractivity (Wildman–Crippen MR) is 125 cm³/mol. The molecule has 1 aliphatic heterocycles. The van der Waals surface area contributed by atoms with Crippen molar-refractivity contribution in [1.82, 2.24) is 4.57 Å². The van der Waals surface area contributed by atoms with Crippen LogP contribution in [0.1, 0.15) is 49.4 Å². The zero-order valence-electron chi connectivity index (χ0n) is 18.1. The van der Waals surface area contributed by atoms with Gasteiger partial charge in [-0.3, -0.25) is 4.79 Å². The monoisotopic (exact) mass is 521 g/mol. The molecule has 10 heteroatoms. The number of rotatable bonds is 7. The van der Waals surface area contributed by atoms with Crippen molar-refractivity contribution in [1.29, 1.82) is 0 Å². The normalized spacial score (nSPS) is 15.3. The molecule has 2 aromatic carbocycles. The summed E-state index contributed by atoms with van der Waals surface area (Å²) < 4.78 is 53.5. The zero-order valence-corrected chi connectivity index (χ0v) is 18.8. The Labute approximate surface area is 242 Å². The Morgan fingerprint density at radius 2 is 1.97 bits per heavy atom. The number of aliphatic carboxylic acids is 1. The maximum absolute atomic E-state index is 13.5. The fourth-order valence-corrected chi connectivity index (χ4v) is 4.69. The van der Waals surface area contributed by atoms with Crippen LogP contribution in [0.25, 0.3) is 10.9 Å². The van der Waals surface area contributed by atoms with Crippen molar-refractivity contribution in [3.8, 4) is 11.5 Å². The Hall–Kier alpha value is -1.23. The van der Waals surface area contributed by atoms with Crippen LogP contribution in [0.4, 0.5) is 13.2 Å². The van der Waals surface area contributed by atoms with E-state index in [-0.39, 0.29) is 82.2 Å². The summed E-state index contributed by atoms with van der Waals surface area (Å²) in [4.78, 5) is 11.2. The number of nitrogens with zero attached hydrogens (tertiary/aromatic N) is 1. The molecule has 4 rings (SSSR count). The number of alkyl halides is 3. The number of carboxylic acids is 1. The van der Waals surface area contributed by atoms with Crippen molar-refractivity contribution < 1.29 is 32.5 Å². The molecule has 0 bridgehead atoms. The van der Waals surface area contributed by atoms with Gasteiger partial charge in [0.15, 0.2) is 0 Å². The molecule has 1 atom stereocenters. The van der Waals surface area contributed by atoms with Crippen LogP contribution in [0.5, 0.6) is 11.5 Å². The molecule has 0 radical (unpaired) electrons. The second-order valence-corrected chi connectivity index (χ2v) is 8.77. The first kappa shape index (κ1) is 27.4. The number of benzene rings is 2. The predicted octanol–water partition coefficient (Wildman–Crippen LogP) is 5.99. The van der Waals surface area contributed by atoms with Crippen LogP contribution in [0.3, 0.4) is 0 Å². The van der Waals surface area contributed by atoms with E-state index in [1.807, 2.05) is 10.6 Å². The van der Waals surface area contributed by atoms with E-state index < -0.39 is 17.7 Å². The van der Waals surface area contributed by atoms with Crippen LogP contribution in [-0.2, 0) is 24.1 Å². The van der Waals surface area contributed by atoms with Crippen LogP contribution >= 0.6 is 11.6 Å². The Kier molecular flexibility index (Phi) is 8.69. The van der Waals surface area contributed by atoms with Crippen molar-refractivity contribution >= 4 is 79.9 Å². The molecule has 0 saturated carbocycles. The average Bonchev–Trinajstić information content (AvgIpc) is 3.25. The van der Waals surface area contributed by atoms with Gasteiger partial charge in [-0.25, -0.2) is 0 Å². The number of halogens is 4. The van der Waals surface area contributed by atoms with Gasteiger partial charge in [0.2, 0.25) is 0 Å². The number of carbonyl (C=O) groups is 1. The van der Waals surface area contributed by atoms with E-state index in [4.69, 9.17) is 26.2 Å². The summed E-state index contributed by atoms with van der Waals surface area (Å²) in [7, 11) is 0. The second-order valence-electron chi connectivity index (χ2n) is 8.40. The third-order valence-electron chi connectivity index (χ3n) is 5.64. The molecule has 0 unspecified atom stereocenters. The van der Waals surface area contributed by atoms with Crippen molar-refractivity contribution in [2.24, 2.45) is 0 Å². The second kappa shape index (κ2) is 10.8. The van der Waals surface area contributed by atoms with Crippen LogP contribution in [0, 0.1) is 0 Å². The summed E-state index contributed by atoms with van der Waals surface area (Å²) in [5.74, 6) is -0.783. The van der Waals surface area contributed by atoms with Gasteiger partial charge in [-0.1, -0.05) is 17.7 Å². The topological polar surface area (TPSA) is 60.7 Å². The van der Waals surface area contributed by atoms with Gasteiger partial charge >= 0.3 is 63.5 Å². The molecular weight excluding hydrogens is 498 g/mol. The van der Waals surface area contributed by atoms with E-state index in [2.05, 4.69) is 0 Å². The van der Waals surface area contributed by atoms with E-state index in [0.29, 0.717) is 29.3 Å². The summed E-state index contributed by atoms with van der Waals surface area (Å²) in [6, 6.07) is 9.19. The number of carboxylic acid groups (broad SMARTS) is 1. The maximum atomic E-state index is 13.5. The standard InChI is InChI=1S/C24H23ClF3NO4.K.H/c1-13(2)33-20-6-3-14(9-18(20)24(26,27)28)12-32-16-4-5-19-17(11-16)22(25)23-15(10-21(30)31)7-8-29(19)23;;/h3-6,9,11,13,15H,7-8,10,12H2,1-2H3,(H,30,31);;/t15-;;/m1../s1. The third kappa shape index (κ3) is 5.76. The molecular formula is C24H24ClF3KNO4. The Bertz CT molecular complexity index is 1210. The van der Waals surface area contributed by atoms with E-state index >= 15 is 0 Å². The van der Waals surface area contributed by atoms with Gasteiger partial charge < -0.3 is 19.1 Å². The number of hydrogen-bond acceptors (Lipinski definition) is 3. The van der Waals surface area contributed by atoms with Gasteiger partial charge in [-0.15, -0.1) is 0 Å². The summed E-state index contributed by atoms with van der Waals surface area (Å²) in [5, 5.41) is 10.4. The first-order chi connectivity index (χ1) is 15.5. The van der Waals surface area contributed by atoms with Crippen LogP contribution < -0.4 is 9.47 Å². The fraction of sp³-hybridized carbons (Fsp3) is 0.375. The molecule has 1 aliphatic rings. The van der Waals surface area contributed by atoms with Gasteiger partial charge in [0, 0.05) is 23.5 Å². The first-order valence-corrected chi connectivity index (χ1v) is 11.0. The van der Waals surface area contributed by atoms with Crippen molar-refractivity contribution in [3.63, 3.8) is 0 Å². The zero-order chi connectivity index (χ0) is 23.9. The molecule has 0 spiro atoms. The van der Waals surface area contributed by atoms with Crippen LogP contribution in [0.15, 0.2) is 36.4 Å². The quantitative estimate of drug-likeness (QED) is 0.388. The molecule has 1 aromatic heterocycles. The van der Waals surface area contributed by atoms with Gasteiger partial charge in [-0.2, -0.15) is 13.2 Å². The molecule has 0 saturated heterocycles. The minimum atomic E-state index is -4.55. The molecule has 0 amide bonds. The number of ether oxygens (including phenoxy) is 2. The summed E-state index contributed by atoms with van der Waals surface area (Å²) in [6.07, 6.45) is -4.21. The summed E-state index contributed by atoms with van der Waals surface area (Å²) in [6.45, 7) is 3.95. The van der Waals surface area contributed by atoms with E-state index in [1.54, 1.807) is 32.0 Å². The molecule has 2 heterocycles. The molecule has 0 fully saturated rings. The van der Waals surface area contributed by atoms with E-state index in [0.717, 1.165) is 22.7 Å². The average molecular weight is 522 g/mol. The SMILES string of the molecule is CC(C)Oc1ccc(COc2ccc3c(c2)c(Cl)c2n3CC[C@@H]2CC(=O)O)cc1C(F)(F)F.[KH]. The molecule has 1 N–H and O–H groups in total. The Morgan fingerprint density at radius 1 is 1.24 bits per heavy atom. The van der Waals surface area contributed by atoms with Gasteiger partial charge in [-0.05, 0) is 56.2 Å². The van der Waals surface area contributed by atoms with Crippen LogP contribution in [0.2, 0.25) is 5.02 Å². The van der Waals surface area contributed by atoms with Gasteiger partial charge in [0.05, 0.1) is 28.6 Å². The molecule has 178 valence electrons. The fourth-order valence-electron chi connectivity index (χ4n) is 4.29. The molecule has 0 aliphatic carbocycles. The Balaban J connectivity index is 0.00000324. The van der Waals surface area contributed by atoms with Crippen LogP contribution in [-0.4, -0.2) is 73.1 Å². The van der Waals surface area contributed by atoms with Crippen molar-refractivity contribution in [3.05, 3.63) is 58.2 Å². The molecule has 34 heavy (non-hydrogen) atoms. The van der Waals surface area contributed by atoms with E-state index in [1.165, 1.54) is 6.07 Å². The number of aryl methyl sites for hydroxylation is 1. The third-order valence-corrected chi connectivity index (χ3v) is 6.03. The minimum absolute atomic E-state index is 0. The summed E-state index contributed by atoms with van der Waals surface area (Å²) in [5.41, 5.74) is 1.20. The van der Waals surface area contributed by atoms with Crippen molar-refractivity contribution in [2.45, 2.75) is 58.0 Å². The Morgan fingerprint density at radius 3 is 2.62 bits per heavy atom. The van der Waals surface area contributed by atoms with Gasteiger partial charge in [0.1, 0.15) is 18.1 Å². The summed E-state index contributed by atoms with van der Waals surface area (Å²) >= 11 is 6.59. The first-order valence-electron chi connectivity index (χ1n) is 10.6. The number of fused-ring (bicyclic) bond motifs is 3. The van der Waals surface area contributed by atoms with E-state index in [9.17, 15) is 18.0 Å². The molecule has 5 nitrogen and oxygen atoms in total. The molecule has 3 aromatic rings.